The van der Waals surface area contributed by atoms with Crippen molar-refractivity contribution in [3.8, 4) is 23.0 Å². The highest BCUT2D eigenvalue weighted by molar-refractivity contribution is 6.16. The number of hydrogen-bond donors (Lipinski definition) is 0. The molecule has 5 heteroatoms. The fourth-order valence-corrected chi connectivity index (χ4v) is 3.06. The van der Waals surface area contributed by atoms with Crippen LogP contribution in [0.1, 0.15) is 15.9 Å². The van der Waals surface area contributed by atoms with E-state index in [0.717, 1.165) is 0 Å². The lowest BCUT2D eigenvalue weighted by Gasteiger charge is -2.18. The van der Waals surface area contributed by atoms with Gasteiger partial charge in [0.25, 0.3) is 0 Å². The number of carbonyl (C=O) groups excluding carboxylic acids is 1. The maximum atomic E-state index is 13.1. The van der Waals surface area contributed by atoms with E-state index in [2.05, 4.69) is 0 Å². The standard InChI is InChI=1S/C21H20O5/c1-23-15-10-11-16(24-2)19-18(15)17(25-3)12-14(21(19)26-4)20(22)13-8-6-5-7-9-13/h5-12H,1-4H3. The number of carbonyl (C=O) groups is 1. The van der Waals surface area contributed by atoms with Crippen LogP contribution in [-0.4, -0.2) is 34.2 Å². The van der Waals surface area contributed by atoms with E-state index in [-0.39, 0.29) is 5.78 Å². The van der Waals surface area contributed by atoms with Crippen LogP contribution in [0, 0.1) is 0 Å². The molecular weight excluding hydrogens is 332 g/mol. The summed E-state index contributed by atoms with van der Waals surface area (Å²) in [7, 11) is 6.23. The van der Waals surface area contributed by atoms with Crippen molar-refractivity contribution in [1.29, 1.82) is 0 Å². The molecule has 0 aliphatic heterocycles. The molecule has 0 N–H and O–H groups in total. The second kappa shape index (κ2) is 7.35. The van der Waals surface area contributed by atoms with Crippen molar-refractivity contribution >= 4 is 16.6 Å². The minimum absolute atomic E-state index is 0.160. The van der Waals surface area contributed by atoms with Gasteiger partial charge in [0.05, 0.1) is 44.8 Å². The highest BCUT2D eigenvalue weighted by Crippen LogP contribution is 2.46. The normalized spacial score (nSPS) is 10.5. The topological polar surface area (TPSA) is 54.0 Å². The molecular formula is C21H20O5. The second-order valence-corrected chi connectivity index (χ2v) is 5.57. The van der Waals surface area contributed by atoms with Gasteiger partial charge in [0, 0.05) is 5.56 Å². The molecule has 134 valence electrons. The molecule has 0 radical (unpaired) electrons. The zero-order valence-electron chi connectivity index (χ0n) is 15.2. The third-order valence-electron chi connectivity index (χ3n) is 4.27. The fraction of sp³-hybridized carbons (Fsp3) is 0.190. The summed E-state index contributed by atoms with van der Waals surface area (Å²) in [6, 6.07) is 14.3. The van der Waals surface area contributed by atoms with Gasteiger partial charge in [-0.1, -0.05) is 30.3 Å². The molecule has 0 heterocycles. The molecule has 0 saturated carbocycles. The first-order valence-electron chi connectivity index (χ1n) is 8.05. The van der Waals surface area contributed by atoms with E-state index >= 15 is 0 Å². The number of ketones is 1. The summed E-state index contributed by atoms with van der Waals surface area (Å²) in [5, 5.41) is 1.32. The molecule has 3 aromatic rings. The first kappa shape index (κ1) is 17.6. The van der Waals surface area contributed by atoms with Gasteiger partial charge in [0.15, 0.2) is 5.78 Å². The third kappa shape index (κ3) is 2.81. The molecule has 5 nitrogen and oxygen atoms in total. The minimum Gasteiger partial charge on any atom is -0.496 e. The second-order valence-electron chi connectivity index (χ2n) is 5.57. The van der Waals surface area contributed by atoms with Crippen molar-refractivity contribution in [1.82, 2.24) is 0 Å². The average molecular weight is 352 g/mol. The Morgan fingerprint density at radius 1 is 0.692 bits per heavy atom. The highest BCUT2D eigenvalue weighted by Gasteiger charge is 2.24. The smallest absolute Gasteiger partial charge is 0.196 e. The van der Waals surface area contributed by atoms with E-state index in [0.29, 0.717) is 44.9 Å². The quantitative estimate of drug-likeness (QED) is 0.625. The Hall–Kier alpha value is -3.21. The monoisotopic (exact) mass is 352 g/mol. The van der Waals surface area contributed by atoms with E-state index < -0.39 is 0 Å². The maximum Gasteiger partial charge on any atom is 0.196 e. The zero-order chi connectivity index (χ0) is 18.7. The SMILES string of the molecule is COc1ccc(OC)c2c(OC)c(C(=O)c3ccccc3)cc(OC)c12. The summed E-state index contributed by atoms with van der Waals surface area (Å²) in [6.45, 7) is 0. The van der Waals surface area contributed by atoms with E-state index in [4.69, 9.17) is 18.9 Å². The van der Waals surface area contributed by atoms with Crippen molar-refractivity contribution in [2.75, 3.05) is 28.4 Å². The van der Waals surface area contributed by atoms with Gasteiger partial charge in [0.2, 0.25) is 0 Å². The number of fused-ring (bicyclic) bond motifs is 1. The van der Waals surface area contributed by atoms with E-state index in [1.807, 2.05) is 18.2 Å². The largest absolute Gasteiger partial charge is 0.496 e. The van der Waals surface area contributed by atoms with Crippen LogP contribution in [-0.2, 0) is 0 Å². The number of rotatable bonds is 6. The third-order valence-corrected chi connectivity index (χ3v) is 4.27. The Labute approximate surface area is 152 Å². The minimum atomic E-state index is -0.160. The van der Waals surface area contributed by atoms with Crippen molar-refractivity contribution in [3.05, 3.63) is 59.7 Å². The van der Waals surface area contributed by atoms with Crippen LogP contribution < -0.4 is 18.9 Å². The van der Waals surface area contributed by atoms with Gasteiger partial charge in [-0.25, -0.2) is 0 Å². The Kier molecular flexibility index (Phi) is 4.98. The van der Waals surface area contributed by atoms with Crippen LogP contribution in [0.5, 0.6) is 23.0 Å². The van der Waals surface area contributed by atoms with Crippen LogP contribution in [0.3, 0.4) is 0 Å². The molecule has 0 saturated heterocycles. The van der Waals surface area contributed by atoms with Gasteiger partial charge in [-0.2, -0.15) is 0 Å². The number of benzene rings is 3. The molecule has 0 bridgehead atoms. The van der Waals surface area contributed by atoms with Crippen LogP contribution in [0.2, 0.25) is 0 Å². The number of methoxy groups -OCH3 is 4. The Morgan fingerprint density at radius 2 is 1.27 bits per heavy atom. The molecule has 0 unspecified atom stereocenters. The molecule has 0 atom stereocenters. The van der Waals surface area contributed by atoms with Crippen LogP contribution in [0.4, 0.5) is 0 Å². The lowest BCUT2D eigenvalue weighted by molar-refractivity contribution is 0.103. The average Bonchev–Trinajstić information content (AvgIpc) is 2.71. The molecule has 0 aromatic heterocycles. The molecule has 0 aliphatic carbocycles. The summed E-state index contributed by atoms with van der Waals surface area (Å²) in [5.41, 5.74) is 0.962. The first-order chi connectivity index (χ1) is 12.7. The number of ether oxygens (including phenoxy) is 4. The van der Waals surface area contributed by atoms with E-state index in [1.54, 1.807) is 51.7 Å². The van der Waals surface area contributed by atoms with Crippen LogP contribution >= 0.6 is 0 Å². The summed E-state index contributed by atoms with van der Waals surface area (Å²) < 4.78 is 22.2. The lowest BCUT2D eigenvalue weighted by Crippen LogP contribution is -2.06. The van der Waals surface area contributed by atoms with E-state index in [9.17, 15) is 4.79 Å². The Balaban J connectivity index is 2.40. The molecule has 3 aromatic carbocycles. The summed E-state index contributed by atoms with van der Waals surface area (Å²) >= 11 is 0. The van der Waals surface area contributed by atoms with Crippen molar-refractivity contribution in [2.24, 2.45) is 0 Å². The molecule has 0 fully saturated rings. The molecule has 0 amide bonds. The van der Waals surface area contributed by atoms with Gasteiger partial charge in [-0.15, -0.1) is 0 Å². The maximum absolute atomic E-state index is 13.1. The van der Waals surface area contributed by atoms with Crippen LogP contribution in [0.15, 0.2) is 48.5 Å². The van der Waals surface area contributed by atoms with Crippen molar-refractivity contribution < 1.29 is 23.7 Å². The van der Waals surface area contributed by atoms with E-state index in [1.165, 1.54) is 7.11 Å². The first-order valence-corrected chi connectivity index (χ1v) is 8.05. The highest BCUT2D eigenvalue weighted by atomic mass is 16.5. The molecule has 0 aliphatic rings. The predicted molar refractivity (Wildman–Crippen MR) is 100 cm³/mol. The molecule has 26 heavy (non-hydrogen) atoms. The summed E-state index contributed by atoms with van der Waals surface area (Å²) in [5.74, 6) is 1.95. The zero-order valence-corrected chi connectivity index (χ0v) is 15.2. The van der Waals surface area contributed by atoms with Gasteiger partial charge in [-0.05, 0) is 18.2 Å². The van der Waals surface area contributed by atoms with Gasteiger partial charge < -0.3 is 18.9 Å². The summed E-state index contributed by atoms with van der Waals surface area (Å²) in [6.07, 6.45) is 0. The van der Waals surface area contributed by atoms with Crippen molar-refractivity contribution in [3.63, 3.8) is 0 Å². The number of hydrogen-bond acceptors (Lipinski definition) is 5. The Bertz CT molecular complexity index is 948. The summed E-state index contributed by atoms with van der Waals surface area (Å²) in [4.78, 5) is 13.1. The van der Waals surface area contributed by atoms with Crippen LogP contribution in [0.25, 0.3) is 10.8 Å². The fourth-order valence-electron chi connectivity index (χ4n) is 3.06. The molecule has 3 rings (SSSR count). The Morgan fingerprint density at radius 3 is 1.81 bits per heavy atom. The molecule has 0 spiro atoms. The van der Waals surface area contributed by atoms with Gasteiger partial charge >= 0.3 is 0 Å². The lowest BCUT2D eigenvalue weighted by atomic mass is 9.96. The van der Waals surface area contributed by atoms with Gasteiger partial charge in [0.1, 0.15) is 23.0 Å². The predicted octanol–water partition coefficient (Wildman–Crippen LogP) is 4.11. The van der Waals surface area contributed by atoms with Crippen molar-refractivity contribution in [2.45, 2.75) is 0 Å². The van der Waals surface area contributed by atoms with Gasteiger partial charge in [-0.3, -0.25) is 4.79 Å².